The number of anilines is 2. The molecule has 0 aromatic heterocycles. The van der Waals surface area contributed by atoms with Crippen LogP contribution in [0.1, 0.15) is 25.3 Å². The maximum Gasteiger partial charge on any atom is 0.230 e. The van der Waals surface area contributed by atoms with Crippen molar-refractivity contribution in [3.8, 4) is 0 Å². The van der Waals surface area contributed by atoms with Crippen molar-refractivity contribution in [1.82, 2.24) is 0 Å². The van der Waals surface area contributed by atoms with Gasteiger partial charge < -0.3 is 14.5 Å². The fraction of sp³-hybridized carbons (Fsp3) is 0.611. The van der Waals surface area contributed by atoms with E-state index < -0.39 is 0 Å². The molecule has 4 heteroatoms. The van der Waals surface area contributed by atoms with Crippen molar-refractivity contribution in [3.63, 3.8) is 0 Å². The molecule has 1 aromatic rings. The van der Waals surface area contributed by atoms with Gasteiger partial charge in [0.05, 0.1) is 13.2 Å². The van der Waals surface area contributed by atoms with Crippen molar-refractivity contribution >= 4 is 17.3 Å². The zero-order chi connectivity index (χ0) is 15.1. The summed E-state index contributed by atoms with van der Waals surface area (Å²) in [7, 11) is 0. The number of benzene rings is 1. The lowest BCUT2D eigenvalue weighted by Crippen LogP contribution is -2.37. The van der Waals surface area contributed by atoms with Gasteiger partial charge in [0.15, 0.2) is 0 Å². The first-order chi connectivity index (χ1) is 10.7. The second-order valence-electron chi connectivity index (χ2n) is 6.78. The predicted molar refractivity (Wildman–Crippen MR) is 87.4 cm³/mol. The first kappa shape index (κ1) is 14.1. The van der Waals surface area contributed by atoms with E-state index in [0.29, 0.717) is 11.8 Å². The summed E-state index contributed by atoms with van der Waals surface area (Å²) in [5.74, 6) is 1.12. The van der Waals surface area contributed by atoms with Gasteiger partial charge in [-0.05, 0) is 42.9 Å². The van der Waals surface area contributed by atoms with Crippen LogP contribution in [0.15, 0.2) is 18.2 Å². The zero-order valence-electron chi connectivity index (χ0n) is 13.3. The molecule has 4 rings (SSSR count). The van der Waals surface area contributed by atoms with Crippen molar-refractivity contribution in [1.29, 1.82) is 0 Å². The molecule has 2 aliphatic heterocycles. The van der Waals surface area contributed by atoms with Crippen LogP contribution in [0.3, 0.4) is 0 Å². The lowest BCUT2D eigenvalue weighted by atomic mass is 10.0. The Morgan fingerprint density at radius 2 is 2.00 bits per heavy atom. The minimum Gasteiger partial charge on any atom is -0.378 e. The maximum absolute atomic E-state index is 12.8. The molecular formula is C18H24N2O2. The van der Waals surface area contributed by atoms with Crippen molar-refractivity contribution < 1.29 is 9.53 Å². The molecule has 1 saturated carbocycles. The van der Waals surface area contributed by atoms with Crippen LogP contribution in [-0.4, -0.2) is 38.8 Å². The molecule has 0 spiro atoms. The van der Waals surface area contributed by atoms with Crippen LogP contribution in [0.4, 0.5) is 11.4 Å². The Morgan fingerprint density at radius 1 is 1.23 bits per heavy atom. The van der Waals surface area contributed by atoms with E-state index in [1.54, 1.807) is 0 Å². The number of ether oxygens (including phenoxy) is 1. The molecule has 1 atom stereocenters. The average molecular weight is 300 g/mol. The van der Waals surface area contributed by atoms with Gasteiger partial charge in [-0.3, -0.25) is 4.79 Å². The number of rotatable bonds is 3. The molecule has 0 bridgehead atoms. The Balaban J connectivity index is 1.58. The highest BCUT2D eigenvalue weighted by molar-refractivity contribution is 5.97. The van der Waals surface area contributed by atoms with E-state index in [0.717, 1.165) is 45.0 Å². The Hall–Kier alpha value is -1.55. The highest BCUT2D eigenvalue weighted by Crippen LogP contribution is 2.40. The fourth-order valence-corrected chi connectivity index (χ4v) is 3.66. The number of morpholine rings is 1. The second kappa shape index (κ2) is 5.58. The Kier molecular flexibility index (Phi) is 3.57. The Morgan fingerprint density at radius 3 is 2.73 bits per heavy atom. The van der Waals surface area contributed by atoms with Gasteiger partial charge in [0.1, 0.15) is 0 Å². The fourth-order valence-electron chi connectivity index (χ4n) is 3.66. The molecule has 0 radical (unpaired) electrons. The molecular weight excluding hydrogens is 276 g/mol. The van der Waals surface area contributed by atoms with Crippen molar-refractivity contribution in [3.05, 3.63) is 23.8 Å². The van der Waals surface area contributed by atoms with Crippen LogP contribution in [0, 0.1) is 11.8 Å². The van der Waals surface area contributed by atoms with E-state index in [9.17, 15) is 4.79 Å². The largest absolute Gasteiger partial charge is 0.378 e. The monoisotopic (exact) mass is 300 g/mol. The maximum atomic E-state index is 12.8. The molecule has 22 heavy (non-hydrogen) atoms. The van der Waals surface area contributed by atoms with Crippen molar-refractivity contribution in [2.75, 3.05) is 42.6 Å². The van der Waals surface area contributed by atoms with Crippen molar-refractivity contribution in [2.24, 2.45) is 11.8 Å². The van der Waals surface area contributed by atoms with Gasteiger partial charge in [-0.2, -0.15) is 0 Å². The van der Waals surface area contributed by atoms with E-state index in [1.807, 2.05) is 4.90 Å². The first-order valence-electron chi connectivity index (χ1n) is 8.51. The molecule has 1 aliphatic carbocycles. The standard InChI is InChI=1S/C18H24N2O2/c1-13(14-2-3-14)18(21)20-7-6-15-4-5-16(12-17(15)20)19-8-10-22-11-9-19/h4-5,12-14H,2-3,6-11H2,1H3. The minimum absolute atomic E-state index is 0.179. The number of fused-ring (bicyclic) bond motifs is 1. The Bertz CT molecular complexity index is 576. The van der Waals surface area contributed by atoms with Crippen LogP contribution in [-0.2, 0) is 16.0 Å². The van der Waals surface area contributed by atoms with E-state index in [-0.39, 0.29) is 5.92 Å². The molecule has 1 unspecified atom stereocenters. The zero-order valence-corrected chi connectivity index (χ0v) is 13.3. The second-order valence-corrected chi connectivity index (χ2v) is 6.78. The van der Waals surface area contributed by atoms with Gasteiger partial charge in [-0.1, -0.05) is 13.0 Å². The Labute approximate surface area is 132 Å². The SMILES string of the molecule is CC(C(=O)N1CCc2ccc(N3CCOCC3)cc21)C1CC1. The summed E-state index contributed by atoms with van der Waals surface area (Å²) < 4.78 is 5.43. The topological polar surface area (TPSA) is 32.8 Å². The third-order valence-corrected chi connectivity index (χ3v) is 5.33. The molecule has 0 N–H and O–H groups in total. The molecule has 1 amide bonds. The summed E-state index contributed by atoms with van der Waals surface area (Å²) in [6.07, 6.45) is 3.44. The van der Waals surface area contributed by atoms with E-state index in [1.165, 1.54) is 24.1 Å². The van der Waals surface area contributed by atoms with Gasteiger partial charge in [0.25, 0.3) is 0 Å². The average Bonchev–Trinajstić information content (AvgIpc) is 3.33. The molecule has 1 aromatic carbocycles. The van der Waals surface area contributed by atoms with Crippen LogP contribution in [0.5, 0.6) is 0 Å². The lowest BCUT2D eigenvalue weighted by Gasteiger charge is -2.30. The summed E-state index contributed by atoms with van der Waals surface area (Å²) in [5, 5.41) is 0. The smallest absolute Gasteiger partial charge is 0.230 e. The minimum atomic E-state index is 0.179. The van der Waals surface area contributed by atoms with Gasteiger partial charge in [-0.15, -0.1) is 0 Å². The molecule has 2 fully saturated rings. The predicted octanol–water partition coefficient (Wildman–Crippen LogP) is 2.46. The summed E-state index contributed by atoms with van der Waals surface area (Å²) in [5.41, 5.74) is 3.68. The molecule has 2 heterocycles. The summed E-state index contributed by atoms with van der Waals surface area (Å²) in [6, 6.07) is 6.61. The summed E-state index contributed by atoms with van der Waals surface area (Å²) >= 11 is 0. The van der Waals surface area contributed by atoms with Crippen LogP contribution in [0.2, 0.25) is 0 Å². The number of amides is 1. The number of hydrogen-bond donors (Lipinski definition) is 0. The van der Waals surface area contributed by atoms with Crippen LogP contribution >= 0.6 is 0 Å². The molecule has 4 nitrogen and oxygen atoms in total. The lowest BCUT2D eigenvalue weighted by molar-refractivity contribution is -0.122. The third kappa shape index (κ3) is 2.50. The van der Waals surface area contributed by atoms with Crippen LogP contribution < -0.4 is 9.80 Å². The quantitative estimate of drug-likeness (QED) is 0.859. The van der Waals surface area contributed by atoms with Gasteiger partial charge in [0.2, 0.25) is 5.91 Å². The van der Waals surface area contributed by atoms with E-state index >= 15 is 0 Å². The normalized spacial score (nSPS) is 22.6. The highest BCUT2D eigenvalue weighted by Gasteiger charge is 2.37. The highest BCUT2D eigenvalue weighted by atomic mass is 16.5. The van der Waals surface area contributed by atoms with Gasteiger partial charge in [-0.25, -0.2) is 0 Å². The van der Waals surface area contributed by atoms with Gasteiger partial charge in [0, 0.05) is 36.9 Å². The van der Waals surface area contributed by atoms with E-state index in [2.05, 4.69) is 30.0 Å². The summed E-state index contributed by atoms with van der Waals surface area (Å²) in [4.78, 5) is 17.2. The third-order valence-electron chi connectivity index (χ3n) is 5.33. The van der Waals surface area contributed by atoms with E-state index in [4.69, 9.17) is 4.74 Å². The van der Waals surface area contributed by atoms with Gasteiger partial charge >= 0.3 is 0 Å². The molecule has 118 valence electrons. The van der Waals surface area contributed by atoms with Crippen LogP contribution in [0.25, 0.3) is 0 Å². The molecule has 3 aliphatic rings. The number of nitrogens with zero attached hydrogens (tertiary/aromatic N) is 2. The molecule has 1 saturated heterocycles. The van der Waals surface area contributed by atoms with Crippen molar-refractivity contribution in [2.45, 2.75) is 26.2 Å². The number of carbonyl (C=O) groups is 1. The summed E-state index contributed by atoms with van der Waals surface area (Å²) in [6.45, 7) is 6.40. The first-order valence-corrected chi connectivity index (χ1v) is 8.51. The number of carbonyl (C=O) groups excluding carboxylic acids is 1. The number of hydrogen-bond acceptors (Lipinski definition) is 3.